The molecule has 37 heavy (non-hydrogen) atoms. The maximum absolute atomic E-state index is 13.2. The molecule has 3 aromatic carbocycles. The molecular weight excluding hydrogens is 490 g/mol. The third-order valence-corrected chi connectivity index (χ3v) is 6.49. The van der Waals surface area contributed by atoms with E-state index in [1.54, 1.807) is 0 Å². The van der Waals surface area contributed by atoms with E-state index in [1.807, 2.05) is 80.6 Å². The lowest BCUT2D eigenvalue weighted by molar-refractivity contribution is -0.144. The van der Waals surface area contributed by atoms with Gasteiger partial charge in [0.1, 0.15) is 23.6 Å². The van der Waals surface area contributed by atoms with E-state index in [-0.39, 0.29) is 37.1 Å². The SMILES string of the molecule is CC(C)Oc1ccc(CN(CC(=O)O)C(=O)Cc2ccc3c(c2)CC(C)(Cc2ccc(Cl)cc2)O3)cc1. The number of hydrogen-bond donors (Lipinski definition) is 1. The number of fused-ring (bicyclic) bond motifs is 1. The van der Waals surface area contributed by atoms with Crippen LogP contribution in [0.25, 0.3) is 0 Å². The van der Waals surface area contributed by atoms with Crippen LogP contribution in [0, 0.1) is 0 Å². The number of benzene rings is 3. The minimum absolute atomic E-state index is 0.0592. The van der Waals surface area contributed by atoms with Gasteiger partial charge in [0.2, 0.25) is 5.91 Å². The monoisotopic (exact) mass is 521 g/mol. The van der Waals surface area contributed by atoms with Gasteiger partial charge in [-0.25, -0.2) is 0 Å². The van der Waals surface area contributed by atoms with Crippen LogP contribution in [-0.2, 0) is 35.4 Å². The average molecular weight is 522 g/mol. The maximum atomic E-state index is 13.2. The summed E-state index contributed by atoms with van der Waals surface area (Å²) in [5, 5.41) is 10.1. The summed E-state index contributed by atoms with van der Waals surface area (Å²) in [5.74, 6) is 0.262. The lowest BCUT2D eigenvalue weighted by Gasteiger charge is -2.24. The Hall–Kier alpha value is -3.51. The molecule has 0 bridgehead atoms. The van der Waals surface area contributed by atoms with Crippen molar-refractivity contribution in [2.45, 2.75) is 58.3 Å². The molecular formula is C30H32ClNO5. The molecule has 1 unspecified atom stereocenters. The van der Waals surface area contributed by atoms with E-state index < -0.39 is 5.97 Å². The predicted molar refractivity (Wildman–Crippen MR) is 143 cm³/mol. The van der Waals surface area contributed by atoms with Crippen LogP contribution in [-0.4, -0.2) is 40.1 Å². The fourth-order valence-electron chi connectivity index (χ4n) is 4.67. The minimum Gasteiger partial charge on any atom is -0.491 e. The third kappa shape index (κ3) is 7.26. The van der Waals surface area contributed by atoms with Crippen molar-refractivity contribution < 1.29 is 24.2 Å². The van der Waals surface area contributed by atoms with Gasteiger partial charge in [-0.05, 0) is 73.4 Å². The largest absolute Gasteiger partial charge is 0.491 e. The van der Waals surface area contributed by atoms with Crippen molar-refractivity contribution >= 4 is 23.5 Å². The molecule has 0 aromatic heterocycles. The number of carbonyl (C=O) groups excluding carboxylic acids is 1. The second kappa shape index (κ2) is 11.3. The number of carboxylic acids is 1. The van der Waals surface area contributed by atoms with Crippen molar-refractivity contribution in [3.05, 3.63) is 94.0 Å². The molecule has 1 heterocycles. The number of carboxylic acid groups (broad SMARTS) is 1. The van der Waals surface area contributed by atoms with Gasteiger partial charge in [-0.3, -0.25) is 9.59 Å². The van der Waals surface area contributed by atoms with Gasteiger partial charge in [0, 0.05) is 24.4 Å². The molecule has 0 fully saturated rings. The lowest BCUT2D eigenvalue weighted by Crippen LogP contribution is -2.36. The number of ether oxygens (including phenoxy) is 2. The molecule has 4 rings (SSSR count). The summed E-state index contributed by atoms with van der Waals surface area (Å²) in [6.07, 6.45) is 1.63. The molecule has 1 atom stereocenters. The van der Waals surface area contributed by atoms with E-state index in [0.29, 0.717) is 5.02 Å². The van der Waals surface area contributed by atoms with Gasteiger partial charge in [0.25, 0.3) is 0 Å². The van der Waals surface area contributed by atoms with Crippen LogP contribution in [0.5, 0.6) is 11.5 Å². The molecule has 1 amide bonds. The van der Waals surface area contributed by atoms with E-state index in [9.17, 15) is 14.7 Å². The summed E-state index contributed by atoms with van der Waals surface area (Å²) < 4.78 is 11.9. The van der Waals surface area contributed by atoms with E-state index in [1.165, 1.54) is 4.90 Å². The van der Waals surface area contributed by atoms with E-state index >= 15 is 0 Å². The first-order valence-corrected chi connectivity index (χ1v) is 12.8. The lowest BCUT2D eigenvalue weighted by atomic mass is 9.91. The van der Waals surface area contributed by atoms with Gasteiger partial charge in [-0.2, -0.15) is 0 Å². The molecule has 6 nitrogen and oxygen atoms in total. The summed E-state index contributed by atoms with van der Waals surface area (Å²) in [6.45, 7) is 5.83. The normalized spacial score (nSPS) is 16.2. The zero-order valence-corrected chi connectivity index (χ0v) is 22.1. The zero-order valence-electron chi connectivity index (χ0n) is 21.4. The van der Waals surface area contributed by atoms with Gasteiger partial charge in [-0.1, -0.05) is 48.0 Å². The van der Waals surface area contributed by atoms with Crippen LogP contribution in [0.2, 0.25) is 5.02 Å². The molecule has 0 saturated carbocycles. The summed E-state index contributed by atoms with van der Waals surface area (Å²) in [6, 6.07) is 20.9. The number of hydrogen-bond acceptors (Lipinski definition) is 4. The van der Waals surface area contributed by atoms with Gasteiger partial charge >= 0.3 is 5.97 Å². The first-order chi connectivity index (χ1) is 17.6. The third-order valence-electron chi connectivity index (χ3n) is 6.24. The highest BCUT2D eigenvalue weighted by atomic mass is 35.5. The first kappa shape index (κ1) is 26.6. The summed E-state index contributed by atoms with van der Waals surface area (Å²) in [4.78, 5) is 26.0. The fraction of sp³-hybridized carbons (Fsp3) is 0.333. The van der Waals surface area contributed by atoms with Crippen molar-refractivity contribution in [3.63, 3.8) is 0 Å². The Labute approximate surface area is 222 Å². The Kier molecular flexibility index (Phi) is 8.08. The van der Waals surface area contributed by atoms with Crippen LogP contribution in [0.1, 0.15) is 43.0 Å². The molecule has 0 radical (unpaired) electrons. The highest BCUT2D eigenvalue weighted by Gasteiger charge is 2.35. The minimum atomic E-state index is -1.05. The van der Waals surface area contributed by atoms with Crippen LogP contribution < -0.4 is 9.47 Å². The Balaban J connectivity index is 1.42. The molecule has 0 aliphatic carbocycles. The highest BCUT2D eigenvalue weighted by Crippen LogP contribution is 2.37. The molecule has 3 aromatic rings. The quantitative estimate of drug-likeness (QED) is 0.369. The smallest absolute Gasteiger partial charge is 0.323 e. The van der Waals surface area contributed by atoms with Gasteiger partial charge in [0.15, 0.2) is 0 Å². The zero-order chi connectivity index (χ0) is 26.6. The van der Waals surface area contributed by atoms with Crippen molar-refractivity contribution in [3.8, 4) is 11.5 Å². The van der Waals surface area contributed by atoms with Gasteiger partial charge in [0.05, 0.1) is 12.5 Å². The van der Waals surface area contributed by atoms with Crippen LogP contribution in [0.3, 0.4) is 0 Å². The number of nitrogens with zero attached hydrogens (tertiary/aromatic N) is 1. The topological polar surface area (TPSA) is 76.1 Å². The van der Waals surface area contributed by atoms with Gasteiger partial charge < -0.3 is 19.5 Å². The van der Waals surface area contributed by atoms with E-state index in [0.717, 1.165) is 46.6 Å². The average Bonchev–Trinajstić information content (AvgIpc) is 3.15. The Morgan fingerprint density at radius 3 is 2.32 bits per heavy atom. The maximum Gasteiger partial charge on any atom is 0.323 e. The summed E-state index contributed by atoms with van der Waals surface area (Å²) >= 11 is 6.01. The van der Waals surface area contributed by atoms with Crippen molar-refractivity contribution in [1.82, 2.24) is 4.90 Å². The predicted octanol–water partition coefficient (Wildman–Crippen LogP) is 5.72. The number of halogens is 1. The van der Waals surface area contributed by atoms with Crippen molar-refractivity contribution in [2.75, 3.05) is 6.54 Å². The highest BCUT2D eigenvalue weighted by molar-refractivity contribution is 6.30. The number of carbonyl (C=O) groups is 2. The van der Waals surface area contributed by atoms with Crippen LogP contribution in [0.4, 0.5) is 0 Å². The van der Waals surface area contributed by atoms with E-state index in [2.05, 4.69) is 6.92 Å². The summed E-state index contributed by atoms with van der Waals surface area (Å²) in [7, 11) is 0. The molecule has 1 N–H and O–H groups in total. The standard InChI is InChI=1S/C30H32ClNO5/c1-20(2)36-26-11-6-22(7-12-26)18-32(19-29(34)35)28(33)15-23-8-13-27-24(14-23)17-30(3,37-27)16-21-4-9-25(31)10-5-21/h4-14,20H,15-19H2,1-3H3,(H,34,35). The number of amides is 1. The van der Waals surface area contributed by atoms with E-state index in [4.69, 9.17) is 21.1 Å². The molecule has 0 spiro atoms. The van der Waals surface area contributed by atoms with Crippen LogP contribution >= 0.6 is 11.6 Å². The number of rotatable bonds is 10. The fourth-order valence-corrected chi connectivity index (χ4v) is 4.79. The Morgan fingerprint density at radius 1 is 1.03 bits per heavy atom. The van der Waals surface area contributed by atoms with Gasteiger partial charge in [-0.15, -0.1) is 0 Å². The molecule has 1 aliphatic heterocycles. The Morgan fingerprint density at radius 2 is 1.68 bits per heavy atom. The molecule has 1 aliphatic rings. The first-order valence-electron chi connectivity index (χ1n) is 12.4. The second-order valence-corrected chi connectivity index (χ2v) is 10.5. The van der Waals surface area contributed by atoms with Crippen molar-refractivity contribution in [2.24, 2.45) is 0 Å². The molecule has 0 saturated heterocycles. The number of aliphatic carboxylic acids is 1. The second-order valence-electron chi connectivity index (χ2n) is 10.1. The molecule has 7 heteroatoms. The van der Waals surface area contributed by atoms with Crippen molar-refractivity contribution in [1.29, 1.82) is 0 Å². The molecule has 194 valence electrons. The van der Waals surface area contributed by atoms with Crippen LogP contribution in [0.15, 0.2) is 66.7 Å². The summed E-state index contributed by atoms with van der Waals surface area (Å²) in [5.41, 5.74) is 3.47. The Bertz CT molecular complexity index is 1260.